The molecule has 0 atom stereocenters. The van der Waals surface area contributed by atoms with Gasteiger partial charge in [0.1, 0.15) is 17.3 Å². The summed E-state index contributed by atoms with van der Waals surface area (Å²) in [5.41, 5.74) is 0.714. The molecule has 2 N–H and O–H groups in total. The molecular weight excluding hydrogens is 303 g/mol. The fourth-order valence-corrected chi connectivity index (χ4v) is 2.05. The van der Waals surface area contributed by atoms with Crippen molar-refractivity contribution in [3.63, 3.8) is 0 Å². The molecule has 0 unspecified atom stereocenters. The van der Waals surface area contributed by atoms with E-state index in [9.17, 15) is 14.3 Å². The Labute approximate surface area is 129 Å². The van der Waals surface area contributed by atoms with Crippen molar-refractivity contribution in [2.45, 2.75) is 6.42 Å². The smallest absolute Gasteiger partial charge is 0.244 e. The largest absolute Gasteiger partial charge is 0.507 e. The van der Waals surface area contributed by atoms with Crippen LogP contribution in [0.25, 0.3) is 5.76 Å². The molecule has 8 heteroatoms. The monoisotopic (exact) mass is 314 g/mol. The fourth-order valence-electron chi connectivity index (χ4n) is 2.05. The summed E-state index contributed by atoms with van der Waals surface area (Å²) >= 11 is 0. The van der Waals surface area contributed by atoms with Crippen LogP contribution in [0.15, 0.2) is 47.1 Å². The summed E-state index contributed by atoms with van der Waals surface area (Å²) in [6.45, 7) is 0. The number of carbonyl (C=O) groups is 1. The minimum Gasteiger partial charge on any atom is -0.507 e. The highest BCUT2D eigenvalue weighted by molar-refractivity contribution is 6.05. The molecule has 0 aliphatic carbocycles. The highest BCUT2D eigenvalue weighted by Gasteiger charge is 2.16. The Morgan fingerprint density at radius 2 is 2.17 bits per heavy atom. The predicted molar refractivity (Wildman–Crippen MR) is 77.0 cm³/mol. The van der Waals surface area contributed by atoms with E-state index >= 15 is 0 Å². The first-order valence-corrected chi connectivity index (χ1v) is 6.63. The van der Waals surface area contributed by atoms with Gasteiger partial charge in [0.2, 0.25) is 11.6 Å². The molecule has 0 spiro atoms. The van der Waals surface area contributed by atoms with E-state index < -0.39 is 5.78 Å². The van der Waals surface area contributed by atoms with Gasteiger partial charge in [-0.15, -0.1) is 10.2 Å². The molecular formula is C15H11FN4O3. The van der Waals surface area contributed by atoms with Crippen molar-refractivity contribution >= 4 is 11.5 Å². The van der Waals surface area contributed by atoms with E-state index in [1.165, 1.54) is 18.4 Å². The first-order valence-electron chi connectivity index (χ1n) is 6.63. The maximum Gasteiger partial charge on any atom is 0.244 e. The van der Waals surface area contributed by atoms with Crippen LogP contribution in [0.3, 0.4) is 0 Å². The zero-order chi connectivity index (χ0) is 16.2. The lowest BCUT2D eigenvalue weighted by Gasteiger charge is -2.03. The Bertz CT molecular complexity index is 855. The lowest BCUT2D eigenvalue weighted by atomic mass is 10.1. The molecule has 0 radical (unpaired) electrons. The van der Waals surface area contributed by atoms with Crippen molar-refractivity contribution in [3.05, 3.63) is 71.2 Å². The Morgan fingerprint density at radius 3 is 2.91 bits per heavy atom. The molecule has 1 aromatic carbocycles. The number of tetrazole rings is 1. The zero-order valence-electron chi connectivity index (χ0n) is 11.7. The number of H-pyrrole nitrogens is 1. The second-order valence-corrected chi connectivity index (χ2v) is 4.65. The molecule has 116 valence electrons. The molecule has 0 saturated carbocycles. The number of aliphatic hydroxyl groups excluding tert-OH is 1. The molecule has 3 aromatic rings. The van der Waals surface area contributed by atoms with E-state index in [1.54, 1.807) is 18.2 Å². The van der Waals surface area contributed by atoms with Gasteiger partial charge in [-0.25, -0.2) is 4.39 Å². The van der Waals surface area contributed by atoms with Gasteiger partial charge in [0.05, 0.1) is 11.8 Å². The minimum atomic E-state index is -0.616. The number of aromatic nitrogens is 4. The van der Waals surface area contributed by atoms with Crippen LogP contribution in [0.5, 0.6) is 0 Å². The Kier molecular flexibility index (Phi) is 3.96. The van der Waals surface area contributed by atoms with Crippen molar-refractivity contribution in [2.75, 3.05) is 0 Å². The van der Waals surface area contributed by atoms with E-state index in [0.29, 0.717) is 16.9 Å². The maximum absolute atomic E-state index is 13.7. The van der Waals surface area contributed by atoms with Gasteiger partial charge in [-0.1, -0.05) is 18.2 Å². The lowest BCUT2D eigenvalue weighted by molar-refractivity contribution is 0.103. The summed E-state index contributed by atoms with van der Waals surface area (Å²) in [5, 5.41) is 22.6. The maximum atomic E-state index is 13.7. The molecule has 0 saturated heterocycles. The van der Waals surface area contributed by atoms with Gasteiger partial charge < -0.3 is 9.52 Å². The number of aliphatic hydroxyl groups is 1. The summed E-state index contributed by atoms with van der Waals surface area (Å²) in [6, 6.07) is 7.74. The van der Waals surface area contributed by atoms with Crippen LogP contribution in [0.2, 0.25) is 0 Å². The number of halogens is 1. The van der Waals surface area contributed by atoms with Gasteiger partial charge in [0.15, 0.2) is 0 Å². The number of carbonyl (C=O) groups excluding carboxylic acids is 1. The van der Waals surface area contributed by atoms with E-state index in [0.717, 1.165) is 6.08 Å². The molecule has 0 bridgehead atoms. The number of rotatable bonds is 5. The lowest BCUT2D eigenvalue weighted by Crippen LogP contribution is -2.00. The SMILES string of the molecule is O=C(C=C(O)c1ccoc1Cc1ccccc1F)c1nn[nH]n1. The van der Waals surface area contributed by atoms with Crippen LogP contribution >= 0.6 is 0 Å². The van der Waals surface area contributed by atoms with Gasteiger partial charge in [-0.3, -0.25) is 4.79 Å². The summed E-state index contributed by atoms with van der Waals surface area (Å²) < 4.78 is 19.0. The molecule has 2 aromatic heterocycles. The van der Waals surface area contributed by atoms with Crippen molar-refractivity contribution in [1.82, 2.24) is 20.6 Å². The third-order valence-electron chi connectivity index (χ3n) is 3.16. The quantitative estimate of drug-likeness (QED) is 0.425. The van der Waals surface area contributed by atoms with Crippen LogP contribution < -0.4 is 0 Å². The first-order chi connectivity index (χ1) is 11.1. The molecule has 23 heavy (non-hydrogen) atoms. The van der Waals surface area contributed by atoms with E-state index in [2.05, 4.69) is 20.6 Å². The standard InChI is InChI=1S/C15H11FN4O3/c16-11-4-2-1-3-9(11)7-14-10(5-6-23-14)12(21)8-13(22)15-17-19-20-18-15/h1-6,8,21H,7H2,(H,17,18,19,20). The van der Waals surface area contributed by atoms with Crippen LogP contribution in [0, 0.1) is 5.82 Å². The van der Waals surface area contributed by atoms with Crippen molar-refractivity contribution < 1.29 is 18.7 Å². The summed E-state index contributed by atoms with van der Waals surface area (Å²) in [5.74, 6) is -1.14. The highest BCUT2D eigenvalue weighted by Crippen LogP contribution is 2.23. The van der Waals surface area contributed by atoms with E-state index in [1.807, 2.05) is 0 Å². The molecule has 0 aliphatic rings. The van der Waals surface area contributed by atoms with Gasteiger partial charge in [-0.05, 0) is 22.9 Å². The normalized spacial score (nSPS) is 11.6. The number of ketones is 1. The topological polar surface area (TPSA) is 105 Å². The molecule has 0 fully saturated rings. The molecule has 7 nitrogen and oxygen atoms in total. The first kappa shape index (κ1) is 14.6. The van der Waals surface area contributed by atoms with Crippen LogP contribution in [0.1, 0.15) is 27.5 Å². The van der Waals surface area contributed by atoms with Crippen LogP contribution in [0.4, 0.5) is 4.39 Å². The number of nitrogens with one attached hydrogen (secondary N) is 1. The van der Waals surface area contributed by atoms with Gasteiger partial charge in [-0.2, -0.15) is 5.21 Å². The average Bonchev–Trinajstić information content (AvgIpc) is 3.20. The number of benzene rings is 1. The second-order valence-electron chi connectivity index (χ2n) is 4.65. The second kappa shape index (κ2) is 6.22. The molecule has 3 rings (SSSR count). The Hall–Kier alpha value is -3.29. The summed E-state index contributed by atoms with van der Waals surface area (Å²) in [6.07, 6.45) is 2.46. The Morgan fingerprint density at radius 1 is 1.35 bits per heavy atom. The van der Waals surface area contributed by atoms with Crippen molar-refractivity contribution in [2.24, 2.45) is 0 Å². The number of hydrogen-bond donors (Lipinski definition) is 2. The van der Waals surface area contributed by atoms with Crippen molar-refractivity contribution in [1.29, 1.82) is 0 Å². The van der Waals surface area contributed by atoms with Gasteiger partial charge in [0, 0.05) is 12.5 Å². The zero-order valence-corrected chi connectivity index (χ0v) is 11.7. The summed E-state index contributed by atoms with van der Waals surface area (Å²) in [7, 11) is 0. The molecule has 0 amide bonds. The highest BCUT2D eigenvalue weighted by atomic mass is 19.1. The Balaban J connectivity index is 1.86. The third kappa shape index (κ3) is 3.15. The number of hydrogen-bond acceptors (Lipinski definition) is 6. The number of allylic oxidation sites excluding steroid dienone is 1. The average molecular weight is 314 g/mol. The number of furan rings is 1. The molecule has 2 heterocycles. The number of nitrogens with zero attached hydrogens (tertiary/aromatic N) is 3. The minimum absolute atomic E-state index is 0.142. The van der Waals surface area contributed by atoms with E-state index in [4.69, 9.17) is 4.42 Å². The van der Waals surface area contributed by atoms with E-state index in [-0.39, 0.29) is 23.8 Å². The molecule has 0 aliphatic heterocycles. The summed E-state index contributed by atoms with van der Waals surface area (Å²) in [4.78, 5) is 11.8. The van der Waals surface area contributed by atoms with Crippen molar-refractivity contribution in [3.8, 4) is 0 Å². The number of aromatic amines is 1. The van der Waals surface area contributed by atoms with Gasteiger partial charge in [0.25, 0.3) is 0 Å². The van der Waals surface area contributed by atoms with Crippen LogP contribution in [-0.2, 0) is 6.42 Å². The fraction of sp³-hybridized carbons (Fsp3) is 0.0667. The van der Waals surface area contributed by atoms with Gasteiger partial charge >= 0.3 is 0 Å². The van der Waals surface area contributed by atoms with Crippen LogP contribution in [-0.4, -0.2) is 31.5 Å². The predicted octanol–water partition coefficient (Wildman–Crippen LogP) is 2.30. The third-order valence-corrected chi connectivity index (χ3v) is 3.16.